The molecule has 0 aliphatic carbocycles. The molecule has 0 aromatic heterocycles. The quantitative estimate of drug-likeness (QED) is 0.458. The Bertz CT molecular complexity index is 114. The van der Waals surface area contributed by atoms with E-state index in [2.05, 4.69) is 11.7 Å². The summed E-state index contributed by atoms with van der Waals surface area (Å²) in [7, 11) is 0. The molecule has 0 spiro atoms. The highest BCUT2D eigenvalue weighted by atomic mass is 32.2. The average molecular weight is 146 g/mol. The molecule has 4 heteroatoms. The first-order valence-corrected chi connectivity index (χ1v) is 3.58. The summed E-state index contributed by atoms with van der Waals surface area (Å²) in [4.78, 5) is 13.6. The highest BCUT2D eigenvalue weighted by Crippen LogP contribution is 2.03. The Balaban J connectivity index is 3.27. The van der Waals surface area contributed by atoms with Crippen LogP contribution in [-0.2, 0) is 4.79 Å². The number of carbonyl (C=O) groups is 1. The third kappa shape index (κ3) is 5.52. The van der Waals surface area contributed by atoms with Crippen molar-refractivity contribution >= 4 is 24.4 Å². The zero-order valence-corrected chi connectivity index (χ0v) is 6.15. The van der Waals surface area contributed by atoms with Crippen molar-refractivity contribution in [3.8, 4) is 0 Å². The molecule has 0 aliphatic rings. The van der Waals surface area contributed by atoms with Crippen molar-refractivity contribution in [3.05, 3.63) is 0 Å². The second-order valence-electron chi connectivity index (χ2n) is 1.57. The molecule has 0 bridgehead atoms. The first-order chi connectivity index (χ1) is 4.16. The van der Waals surface area contributed by atoms with E-state index in [0.29, 0.717) is 5.75 Å². The van der Waals surface area contributed by atoms with E-state index < -0.39 is 0 Å². The number of nitrogens with zero attached hydrogens (tertiary/aromatic N) is 1. The second-order valence-corrected chi connectivity index (χ2v) is 2.93. The number of amides is 1. The summed E-state index contributed by atoms with van der Waals surface area (Å²) in [5, 5.41) is -0.00398. The van der Waals surface area contributed by atoms with Crippen LogP contribution >= 0.6 is 11.8 Å². The van der Waals surface area contributed by atoms with Gasteiger partial charge in [0, 0.05) is 5.37 Å². The van der Waals surface area contributed by atoms with Crippen LogP contribution in [0.25, 0.3) is 0 Å². The van der Waals surface area contributed by atoms with Gasteiger partial charge in [0.1, 0.15) is 0 Å². The molecule has 0 rings (SSSR count). The summed E-state index contributed by atoms with van der Waals surface area (Å²) in [6, 6.07) is 0. The van der Waals surface area contributed by atoms with Crippen molar-refractivity contribution in [2.75, 3.05) is 5.75 Å². The van der Waals surface area contributed by atoms with E-state index in [0.717, 1.165) is 0 Å². The molecule has 0 saturated carbocycles. The SMILES string of the molecule is C=NC(=O)CSC(C)N. The molecule has 0 aromatic carbocycles. The van der Waals surface area contributed by atoms with Gasteiger partial charge in [-0.3, -0.25) is 4.79 Å². The Kier molecular flexibility index (Phi) is 4.35. The molecule has 1 unspecified atom stereocenters. The van der Waals surface area contributed by atoms with Crippen molar-refractivity contribution in [1.82, 2.24) is 0 Å². The molecule has 52 valence electrons. The number of carbonyl (C=O) groups excluding carboxylic acids is 1. The average Bonchev–Trinajstić information content (AvgIpc) is 1.83. The maximum atomic E-state index is 10.4. The smallest absolute Gasteiger partial charge is 0.255 e. The normalized spacial score (nSPS) is 12.7. The van der Waals surface area contributed by atoms with Crippen LogP contribution in [0.15, 0.2) is 4.99 Å². The number of rotatable bonds is 3. The zero-order valence-electron chi connectivity index (χ0n) is 5.33. The second kappa shape index (κ2) is 4.52. The van der Waals surface area contributed by atoms with Crippen LogP contribution in [0.4, 0.5) is 0 Å². The summed E-state index contributed by atoms with van der Waals surface area (Å²) < 4.78 is 0. The van der Waals surface area contributed by atoms with E-state index in [1.54, 1.807) is 0 Å². The standard InChI is InChI=1S/C5H10N2OS/c1-4(6)9-3-5(8)7-2/h4H,2-3,6H2,1H3. The minimum atomic E-state index is -0.211. The molecule has 1 amide bonds. The molecule has 2 N–H and O–H groups in total. The number of hydrogen-bond donors (Lipinski definition) is 1. The van der Waals surface area contributed by atoms with E-state index in [4.69, 9.17) is 5.73 Å². The third-order valence-corrected chi connectivity index (χ3v) is 1.59. The van der Waals surface area contributed by atoms with Crippen molar-refractivity contribution in [2.24, 2.45) is 10.7 Å². The minimum absolute atomic E-state index is 0.00398. The van der Waals surface area contributed by atoms with Gasteiger partial charge in [0.25, 0.3) is 5.91 Å². The van der Waals surface area contributed by atoms with E-state index in [1.807, 2.05) is 6.92 Å². The Hall–Kier alpha value is -0.350. The monoisotopic (exact) mass is 146 g/mol. The molecule has 0 radical (unpaired) electrons. The van der Waals surface area contributed by atoms with Gasteiger partial charge in [-0.05, 0) is 13.6 Å². The van der Waals surface area contributed by atoms with E-state index in [1.165, 1.54) is 11.8 Å². The molecular weight excluding hydrogens is 136 g/mol. The molecule has 9 heavy (non-hydrogen) atoms. The highest BCUT2D eigenvalue weighted by molar-refractivity contribution is 8.00. The fourth-order valence-electron chi connectivity index (χ4n) is 0.248. The summed E-state index contributed by atoms with van der Waals surface area (Å²) in [6.07, 6.45) is 0. The fraction of sp³-hybridized carbons (Fsp3) is 0.600. The van der Waals surface area contributed by atoms with Crippen LogP contribution in [-0.4, -0.2) is 23.8 Å². The predicted octanol–water partition coefficient (Wildman–Crippen LogP) is 0.251. The van der Waals surface area contributed by atoms with Gasteiger partial charge < -0.3 is 5.73 Å². The summed E-state index contributed by atoms with van der Waals surface area (Å²) >= 11 is 1.36. The lowest BCUT2D eigenvalue weighted by Crippen LogP contribution is -2.12. The molecule has 0 saturated heterocycles. The molecule has 1 atom stereocenters. The fourth-order valence-corrected chi connectivity index (χ4v) is 0.745. The van der Waals surface area contributed by atoms with Gasteiger partial charge in [0.15, 0.2) is 0 Å². The van der Waals surface area contributed by atoms with Gasteiger partial charge >= 0.3 is 0 Å². The molecule has 0 aromatic rings. The minimum Gasteiger partial charge on any atom is -0.320 e. The Morgan fingerprint density at radius 1 is 2.00 bits per heavy atom. The molecule has 3 nitrogen and oxygen atoms in total. The van der Waals surface area contributed by atoms with Gasteiger partial charge in [-0.15, -0.1) is 11.8 Å². The van der Waals surface area contributed by atoms with E-state index in [9.17, 15) is 4.79 Å². The lowest BCUT2D eigenvalue weighted by Gasteiger charge is -1.99. The first-order valence-electron chi connectivity index (χ1n) is 2.53. The predicted molar refractivity (Wildman–Crippen MR) is 40.7 cm³/mol. The Morgan fingerprint density at radius 2 is 2.56 bits per heavy atom. The van der Waals surface area contributed by atoms with Gasteiger partial charge in [-0.25, -0.2) is 4.99 Å². The summed E-state index contributed by atoms with van der Waals surface area (Å²) in [5.41, 5.74) is 5.34. The molecule has 0 aliphatic heterocycles. The first kappa shape index (κ1) is 8.65. The third-order valence-electron chi connectivity index (χ3n) is 0.646. The highest BCUT2D eigenvalue weighted by Gasteiger charge is 1.98. The van der Waals surface area contributed by atoms with Gasteiger partial charge in [0.05, 0.1) is 5.75 Å². The summed E-state index contributed by atoms with van der Waals surface area (Å²) in [6.45, 7) is 4.91. The lowest BCUT2D eigenvalue weighted by atomic mass is 10.7. The summed E-state index contributed by atoms with van der Waals surface area (Å²) in [5.74, 6) is 0.124. The zero-order chi connectivity index (χ0) is 7.28. The Morgan fingerprint density at radius 3 is 2.89 bits per heavy atom. The maximum Gasteiger partial charge on any atom is 0.255 e. The number of hydrogen-bond acceptors (Lipinski definition) is 3. The van der Waals surface area contributed by atoms with Crippen LogP contribution in [0.1, 0.15) is 6.92 Å². The topological polar surface area (TPSA) is 55.5 Å². The van der Waals surface area contributed by atoms with Gasteiger partial charge in [-0.2, -0.15) is 0 Å². The molecular formula is C5H10N2OS. The van der Waals surface area contributed by atoms with Crippen molar-refractivity contribution < 1.29 is 4.79 Å². The molecule has 0 fully saturated rings. The maximum absolute atomic E-state index is 10.4. The van der Waals surface area contributed by atoms with E-state index in [-0.39, 0.29) is 11.3 Å². The van der Waals surface area contributed by atoms with Crippen molar-refractivity contribution in [3.63, 3.8) is 0 Å². The van der Waals surface area contributed by atoms with Crippen molar-refractivity contribution in [2.45, 2.75) is 12.3 Å². The van der Waals surface area contributed by atoms with Gasteiger partial charge in [0.2, 0.25) is 0 Å². The van der Waals surface area contributed by atoms with Crippen LogP contribution in [0.3, 0.4) is 0 Å². The van der Waals surface area contributed by atoms with Gasteiger partial charge in [-0.1, -0.05) is 0 Å². The number of thioether (sulfide) groups is 1. The number of aliphatic imine (C=N–C) groups is 1. The van der Waals surface area contributed by atoms with Crippen LogP contribution in [0.2, 0.25) is 0 Å². The largest absolute Gasteiger partial charge is 0.320 e. The van der Waals surface area contributed by atoms with E-state index >= 15 is 0 Å². The molecule has 0 heterocycles. The van der Waals surface area contributed by atoms with Crippen molar-refractivity contribution in [1.29, 1.82) is 0 Å². The number of nitrogens with two attached hydrogens (primary N) is 1. The lowest BCUT2D eigenvalue weighted by molar-refractivity contribution is -0.115. The van der Waals surface area contributed by atoms with Crippen LogP contribution < -0.4 is 5.73 Å². The Labute approximate surface area is 58.7 Å². The van der Waals surface area contributed by atoms with Crippen LogP contribution in [0, 0.1) is 0 Å². The van der Waals surface area contributed by atoms with Crippen LogP contribution in [0.5, 0.6) is 0 Å².